The van der Waals surface area contributed by atoms with Crippen LogP contribution in [0.25, 0.3) is 0 Å². The van der Waals surface area contributed by atoms with Crippen molar-refractivity contribution in [3.8, 4) is 5.75 Å². The highest BCUT2D eigenvalue weighted by atomic mass is 35.5. The van der Waals surface area contributed by atoms with Crippen molar-refractivity contribution in [2.45, 2.75) is 30.4 Å². The molecule has 1 N–H and O–H groups in total. The molecule has 1 fully saturated rings. The molecular weight excluding hydrogens is 626 g/mol. The number of carbonyl (C=O) groups excluding carboxylic acids is 2. The van der Waals surface area contributed by atoms with Gasteiger partial charge in [-0.1, -0.05) is 90.5 Å². The number of morpholine rings is 1. The van der Waals surface area contributed by atoms with E-state index in [1.807, 2.05) is 78.9 Å². The fraction of sp³-hybridized carbons (Fsp3) is 0.257. The number of hydrogen-bond donors (Lipinski definition) is 1. The molecule has 1 atom stereocenters. The lowest BCUT2D eigenvalue weighted by Crippen LogP contribution is -2.51. The third kappa shape index (κ3) is 8.73. The van der Waals surface area contributed by atoms with Crippen molar-refractivity contribution in [1.82, 2.24) is 14.5 Å². The molecule has 5 rings (SSSR count). The maximum absolute atomic E-state index is 13.9. The molecule has 0 radical (unpaired) electrons. The number of nitrogens with one attached hydrogen (secondary N) is 1. The summed E-state index contributed by atoms with van der Waals surface area (Å²) in [6, 6.07) is 31.4. The number of nitrogens with zero attached hydrogens (tertiary/aromatic N) is 2. The number of hydrogen-bond acceptors (Lipinski definition) is 6. The molecule has 1 heterocycles. The van der Waals surface area contributed by atoms with Gasteiger partial charge >= 0.3 is 0 Å². The number of rotatable bonds is 13. The average Bonchev–Trinajstić information content (AvgIpc) is 3.09. The average molecular weight is 662 g/mol. The quantitative estimate of drug-likeness (QED) is 0.223. The Morgan fingerprint density at radius 3 is 2.11 bits per heavy atom. The van der Waals surface area contributed by atoms with Gasteiger partial charge in [0.15, 0.2) is 6.61 Å². The van der Waals surface area contributed by atoms with Crippen LogP contribution in [0, 0.1) is 0 Å². The van der Waals surface area contributed by atoms with Crippen molar-refractivity contribution < 1.29 is 27.5 Å². The summed E-state index contributed by atoms with van der Waals surface area (Å²) in [7, 11) is -3.67. The number of carbonyl (C=O) groups is 2. The Morgan fingerprint density at radius 1 is 0.848 bits per heavy atom. The van der Waals surface area contributed by atoms with Crippen LogP contribution < -0.4 is 10.1 Å². The molecular formula is C35H36ClN3O6S. The lowest BCUT2D eigenvalue weighted by Gasteiger charge is -2.31. The molecule has 0 unspecified atom stereocenters. The molecule has 0 saturated carbocycles. The summed E-state index contributed by atoms with van der Waals surface area (Å²) in [5.74, 6) is -0.398. The number of amides is 2. The Bertz CT molecular complexity index is 1700. The number of ether oxygens (including phenoxy) is 2. The van der Waals surface area contributed by atoms with Crippen molar-refractivity contribution in [1.29, 1.82) is 0 Å². The second-order valence-electron chi connectivity index (χ2n) is 10.8. The normalized spacial score (nSPS) is 14.3. The Hall–Kier alpha value is -4.22. The minimum atomic E-state index is -3.67. The molecule has 0 aliphatic carbocycles. The molecule has 0 spiro atoms. The van der Waals surface area contributed by atoms with Crippen molar-refractivity contribution >= 4 is 33.4 Å². The number of sulfonamides is 1. The van der Waals surface area contributed by atoms with Crippen molar-refractivity contribution in [3.63, 3.8) is 0 Å². The first-order valence-corrected chi connectivity index (χ1v) is 16.8. The molecule has 4 aromatic carbocycles. The van der Waals surface area contributed by atoms with Crippen molar-refractivity contribution in [2.24, 2.45) is 0 Å². The van der Waals surface area contributed by atoms with E-state index in [2.05, 4.69) is 5.32 Å². The van der Waals surface area contributed by atoms with E-state index in [1.165, 1.54) is 33.5 Å². The minimum absolute atomic E-state index is 0.136. The molecule has 46 heavy (non-hydrogen) atoms. The molecule has 9 nitrogen and oxygen atoms in total. The molecule has 11 heteroatoms. The van der Waals surface area contributed by atoms with Gasteiger partial charge in [-0.15, -0.1) is 0 Å². The standard InChI is InChI=1S/C35H36ClN3O6S/c36-32-14-8-7-13-29(32)24-37-35(41)33(23-27-9-3-1-4-10-27)39(25-28-11-5-2-6-12-28)34(40)26-45-30-15-17-31(18-16-30)46(42,43)38-19-21-44-22-20-38/h1-18,33H,19-26H2,(H,37,41)/t33-/m0/s1. The zero-order valence-electron chi connectivity index (χ0n) is 25.3. The second kappa shape index (κ2) is 15.9. The van der Waals surface area contributed by atoms with Gasteiger partial charge < -0.3 is 19.7 Å². The van der Waals surface area contributed by atoms with E-state index in [9.17, 15) is 18.0 Å². The summed E-state index contributed by atoms with van der Waals surface area (Å²) in [5, 5.41) is 3.51. The highest BCUT2D eigenvalue weighted by Gasteiger charge is 2.31. The third-order valence-electron chi connectivity index (χ3n) is 7.67. The first kappa shape index (κ1) is 33.2. The SMILES string of the molecule is O=C(NCc1ccccc1Cl)[C@H](Cc1ccccc1)N(Cc1ccccc1)C(=O)COc1ccc(S(=O)(=O)N2CCOCC2)cc1. The van der Waals surface area contributed by atoms with E-state index in [0.29, 0.717) is 37.1 Å². The first-order chi connectivity index (χ1) is 22.3. The van der Waals surface area contributed by atoms with Gasteiger partial charge in [0.2, 0.25) is 15.9 Å². The predicted octanol–water partition coefficient (Wildman–Crippen LogP) is 4.70. The summed E-state index contributed by atoms with van der Waals surface area (Å²) in [6.07, 6.45) is 0.280. The van der Waals surface area contributed by atoms with Gasteiger partial charge in [0.25, 0.3) is 5.91 Å². The van der Waals surface area contributed by atoms with Gasteiger partial charge in [-0.25, -0.2) is 8.42 Å². The van der Waals surface area contributed by atoms with Gasteiger partial charge in [0.1, 0.15) is 11.8 Å². The summed E-state index contributed by atoms with van der Waals surface area (Å²) < 4.78 is 38.5. The van der Waals surface area contributed by atoms with Gasteiger partial charge in [-0.3, -0.25) is 9.59 Å². The van der Waals surface area contributed by atoms with Crippen LogP contribution >= 0.6 is 11.6 Å². The highest BCUT2D eigenvalue weighted by Crippen LogP contribution is 2.22. The van der Waals surface area contributed by atoms with Crippen LogP contribution in [0.2, 0.25) is 5.02 Å². The van der Waals surface area contributed by atoms with Gasteiger partial charge in [0, 0.05) is 37.6 Å². The van der Waals surface area contributed by atoms with Gasteiger partial charge in [0.05, 0.1) is 18.1 Å². The van der Waals surface area contributed by atoms with E-state index in [-0.39, 0.29) is 36.9 Å². The molecule has 1 aliphatic rings. The summed E-state index contributed by atoms with van der Waals surface area (Å²) in [6.45, 7) is 1.32. The Labute approximate surface area is 274 Å². The smallest absolute Gasteiger partial charge is 0.261 e. The molecule has 0 aromatic heterocycles. The lowest BCUT2D eigenvalue weighted by atomic mass is 10.0. The van der Waals surface area contributed by atoms with E-state index in [0.717, 1.165) is 16.7 Å². The number of halogens is 1. The van der Waals surface area contributed by atoms with Crippen molar-refractivity contribution in [3.05, 3.63) is 131 Å². The highest BCUT2D eigenvalue weighted by molar-refractivity contribution is 7.89. The largest absolute Gasteiger partial charge is 0.484 e. The van der Waals surface area contributed by atoms with Crippen molar-refractivity contribution in [2.75, 3.05) is 32.9 Å². The van der Waals surface area contributed by atoms with Crippen LogP contribution in [-0.4, -0.2) is 68.4 Å². The Kier molecular flexibility index (Phi) is 11.4. The van der Waals surface area contributed by atoms with Gasteiger partial charge in [-0.05, 0) is 47.0 Å². The molecule has 1 saturated heterocycles. The summed E-state index contributed by atoms with van der Waals surface area (Å²) in [4.78, 5) is 29.4. The fourth-order valence-electron chi connectivity index (χ4n) is 5.15. The van der Waals surface area contributed by atoms with E-state index in [4.69, 9.17) is 21.1 Å². The maximum atomic E-state index is 13.9. The third-order valence-corrected chi connectivity index (χ3v) is 9.95. The van der Waals surface area contributed by atoms with E-state index in [1.54, 1.807) is 6.07 Å². The molecule has 240 valence electrons. The van der Waals surface area contributed by atoms with Crippen LogP contribution in [0.1, 0.15) is 16.7 Å². The first-order valence-electron chi connectivity index (χ1n) is 15.0. The zero-order chi connectivity index (χ0) is 32.4. The Morgan fingerprint density at radius 2 is 1.46 bits per heavy atom. The summed E-state index contributed by atoms with van der Waals surface area (Å²) >= 11 is 6.34. The predicted molar refractivity (Wildman–Crippen MR) is 176 cm³/mol. The van der Waals surface area contributed by atoms with Crippen LogP contribution in [0.15, 0.2) is 114 Å². The number of benzene rings is 4. The minimum Gasteiger partial charge on any atom is -0.484 e. The topological polar surface area (TPSA) is 105 Å². The zero-order valence-corrected chi connectivity index (χ0v) is 26.8. The molecule has 2 amide bonds. The fourth-order valence-corrected chi connectivity index (χ4v) is 6.76. The van der Waals surface area contributed by atoms with Crippen LogP contribution in [-0.2, 0) is 43.9 Å². The Balaban J connectivity index is 1.35. The summed E-state index contributed by atoms with van der Waals surface area (Å²) in [5.41, 5.74) is 2.51. The monoisotopic (exact) mass is 661 g/mol. The second-order valence-corrected chi connectivity index (χ2v) is 13.1. The lowest BCUT2D eigenvalue weighted by molar-refractivity contribution is -0.142. The van der Waals surface area contributed by atoms with E-state index >= 15 is 0 Å². The van der Waals surface area contributed by atoms with Crippen LogP contribution in [0.4, 0.5) is 0 Å². The molecule has 4 aromatic rings. The van der Waals surface area contributed by atoms with E-state index < -0.39 is 22.0 Å². The van der Waals surface area contributed by atoms with Crippen LogP contribution in [0.3, 0.4) is 0 Å². The van der Waals surface area contributed by atoms with Gasteiger partial charge in [-0.2, -0.15) is 4.31 Å². The molecule has 0 bridgehead atoms. The van der Waals surface area contributed by atoms with Crippen LogP contribution in [0.5, 0.6) is 5.75 Å². The maximum Gasteiger partial charge on any atom is 0.261 e. The molecule has 1 aliphatic heterocycles.